The molecule has 3 nitrogen and oxygen atoms in total. The van der Waals surface area contributed by atoms with Crippen molar-refractivity contribution in [3.05, 3.63) is 0 Å². The zero-order chi connectivity index (χ0) is 10.4. The number of hydrogen-bond donors (Lipinski definition) is 1. The Morgan fingerprint density at radius 3 is 2.00 bits per heavy atom. The van der Waals surface area contributed by atoms with Gasteiger partial charge in [0, 0.05) is 6.61 Å². The molecule has 0 aromatic heterocycles. The third-order valence-electron chi connectivity index (χ3n) is 1.03. The number of aliphatic hydroxyl groups is 1. The highest BCUT2D eigenvalue weighted by molar-refractivity contribution is 4.51. The Hall–Kier alpha value is -0.400. The van der Waals surface area contributed by atoms with E-state index < -0.39 is 25.4 Å². The largest absolute Gasteiger partial charge is 0.363 e. The summed E-state index contributed by atoms with van der Waals surface area (Å²) in [6, 6.07) is 0. The van der Waals surface area contributed by atoms with E-state index in [9.17, 15) is 17.6 Å². The van der Waals surface area contributed by atoms with Gasteiger partial charge < -0.3 is 14.6 Å². The summed E-state index contributed by atoms with van der Waals surface area (Å²) in [5.41, 5.74) is 0. The first-order valence-electron chi connectivity index (χ1n) is 3.50. The SMILES string of the molecule is CCOC(OC(O)C(F)F)C(F)F. The van der Waals surface area contributed by atoms with E-state index in [1.165, 1.54) is 6.92 Å². The van der Waals surface area contributed by atoms with E-state index in [1.54, 1.807) is 0 Å². The van der Waals surface area contributed by atoms with Crippen LogP contribution in [0.4, 0.5) is 17.6 Å². The van der Waals surface area contributed by atoms with E-state index >= 15 is 0 Å². The average Bonchev–Trinajstić information content (AvgIpc) is 2.03. The first-order valence-corrected chi connectivity index (χ1v) is 3.50. The van der Waals surface area contributed by atoms with Gasteiger partial charge in [0.25, 0.3) is 12.9 Å². The molecule has 0 saturated carbocycles. The number of halogens is 4. The molecule has 0 radical (unpaired) electrons. The van der Waals surface area contributed by atoms with Crippen molar-refractivity contribution in [1.82, 2.24) is 0 Å². The van der Waals surface area contributed by atoms with Crippen molar-refractivity contribution in [1.29, 1.82) is 0 Å². The third-order valence-corrected chi connectivity index (χ3v) is 1.03. The van der Waals surface area contributed by atoms with Crippen LogP contribution in [0.25, 0.3) is 0 Å². The average molecular weight is 206 g/mol. The van der Waals surface area contributed by atoms with Crippen LogP contribution in [0.3, 0.4) is 0 Å². The van der Waals surface area contributed by atoms with E-state index in [-0.39, 0.29) is 6.61 Å². The lowest BCUT2D eigenvalue weighted by atomic mass is 10.6. The predicted molar refractivity (Wildman–Crippen MR) is 34.5 cm³/mol. The van der Waals surface area contributed by atoms with E-state index in [1.807, 2.05) is 0 Å². The summed E-state index contributed by atoms with van der Waals surface area (Å²) in [6.45, 7) is 1.28. The van der Waals surface area contributed by atoms with Gasteiger partial charge in [0.15, 0.2) is 0 Å². The molecule has 0 aliphatic rings. The Kier molecular flexibility index (Phi) is 5.93. The predicted octanol–water partition coefficient (Wildman–Crippen LogP) is 1.21. The monoisotopic (exact) mass is 206 g/mol. The fourth-order valence-electron chi connectivity index (χ4n) is 0.532. The number of alkyl halides is 4. The minimum Gasteiger partial charge on any atom is -0.363 e. The van der Waals surface area contributed by atoms with Crippen LogP contribution in [0.15, 0.2) is 0 Å². The summed E-state index contributed by atoms with van der Waals surface area (Å²) in [5, 5.41) is 8.39. The van der Waals surface area contributed by atoms with Gasteiger partial charge in [0.05, 0.1) is 0 Å². The molecule has 0 amide bonds. The van der Waals surface area contributed by atoms with Gasteiger partial charge in [-0.3, -0.25) is 0 Å². The van der Waals surface area contributed by atoms with Gasteiger partial charge in [-0.05, 0) is 6.92 Å². The molecule has 2 unspecified atom stereocenters. The normalized spacial score (nSPS) is 16.6. The highest BCUT2D eigenvalue weighted by Crippen LogP contribution is 2.12. The molecule has 7 heteroatoms. The molecule has 0 saturated heterocycles. The van der Waals surface area contributed by atoms with Crippen LogP contribution in [0.5, 0.6) is 0 Å². The van der Waals surface area contributed by atoms with Gasteiger partial charge in [-0.1, -0.05) is 0 Å². The Morgan fingerprint density at radius 2 is 1.69 bits per heavy atom. The fraction of sp³-hybridized carbons (Fsp3) is 1.00. The van der Waals surface area contributed by atoms with Crippen molar-refractivity contribution in [3.63, 3.8) is 0 Å². The van der Waals surface area contributed by atoms with Gasteiger partial charge in [-0.2, -0.15) is 0 Å². The summed E-state index contributed by atoms with van der Waals surface area (Å²) >= 11 is 0. The summed E-state index contributed by atoms with van der Waals surface area (Å²) < 4.78 is 55.1. The first kappa shape index (κ1) is 12.6. The minimum absolute atomic E-state index is 0.120. The molecule has 0 spiro atoms. The zero-order valence-corrected chi connectivity index (χ0v) is 6.79. The van der Waals surface area contributed by atoms with Crippen molar-refractivity contribution in [2.75, 3.05) is 6.61 Å². The van der Waals surface area contributed by atoms with Crippen LogP contribution < -0.4 is 0 Å². The standard InChI is InChI=1S/C6H10F4O3/c1-2-12-6(4(9)10)13-5(11)3(7)8/h3-6,11H,2H2,1H3. The van der Waals surface area contributed by atoms with Crippen LogP contribution in [0, 0.1) is 0 Å². The topological polar surface area (TPSA) is 38.7 Å². The third kappa shape index (κ3) is 5.02. The Balaban J connectivity index is 3.94. The molecule has 0 aromatic rings. The highest BCUT2D eigenvalue weighted by Gasteiger charge is 2.28. The molecule has 1 N–H and O–H groups in total. The van der Waals surface area contributed by atoms with Gasteiger partial charge in [0.1, 0.15) is 0 Å². The van der Waals surface area contributed by atoms with Crippen LogP contribution in [-0.2, 0) is 9.47 Å². The molecule has 0 heterocycles. The lowest BCUT2D eigenvalue weighted by molar-refractivity contribution is -0.292. The van der Waals surface area contributed by atoms with Gasteiger partial charge in [-0.15, -0.1) is 0 Å². The van der Waals surface area contributed by atoms with Crippen molar-refractivity contribution in [2.24, 2.45) is 0 Å². The van der Waals surface area contributed by atoms with Crippen molar-refractivity contribution in [3.8, 4) is 0 Å². The molecule has 80 valence electrons. The van der Waals surface area contributed by atoms with Crippen LogP contribution in [0.2, 0.25) is 0 Å². The van der Waals surface area contributed by atoms with Gasteiger partial charge >= 0.3 is 0 Å². The summed E-state index contributed by atoms with van der Waals surface area (Å²) in [7, 11) is 0. The Labute approximate surface area is 72.2 Å². The quantitative estimate of drug-likeness (QED) is 0.524. The second-order valence-corrected chi connectivity index (χ2v) is 2.02. The fourth-order valence-corrected chi connectivity index (χ4v) is 0.532. The zero-order valence-electron chi connectivity index (χ0n) is 6.79. The van der Waals surface area contributed by atoms with Crippen LogP contribution >= 0.6 is 0 Å². The molecule has 0 aliphatic carbocycles. The van der Waals surface area contributed by atoms with Gasteiger partial charge in [-0.25, -0.2) is 17.6 Å². The maximum absolute atomic E-state index is 11.9. The molecule has 0 aliphatic heterocycles. The molecule has 2 atom stereocenters. The second-order valence-electron chi connectivity index (χ2n) is 2.02. The van der Waals surface area contributed by atoms with Crippen molar-refractivity contribution < 1.29 is 32.1 Å². The van der Waals surface area contributed by atoms with Crippen molar-refractivity contribution in [2.45, 2.75) is 32.4 Å². The molecule has 0 aromatic carbocycles. The Morgan fingerprint density at radius 1 is 1.15 bits per heavy atom. The molecule has 0 rings (SSSR count). The van der Waals surface area contributed by atoms with E-state index in [2.05, 4.69) is 9.47 Å². The molecule has 0 bridgehead atoms. The molecular weight excluding hydrogens is 196 g/mol. The Bertz CT molecular complexity index is 133. The second kappa shape index (κ2) is 6.11. The summed E-state index contributed by atoms with van der Waals surface area (Å²) in [5.74, 6) is 0. The summed E-state index contributed by atoms with van der Waals surface area (Å²) in [4.78, 5) is 0. The maximum Gasteiger partial charge on any atom is 0.288 e. The number of hydrogen-bond acceptors (Lipinski definition) is 3. The lowest BCUT2D eigenvalue weighted by Crippen LogP contribution is -2.34. The maximum atomic E-state index is 11.9. The first-order chi connectivity index (χ1) is 5.99. The smallest absolute Gasteiger partial charge is 0.288 e. The van der Waals surface area contributed by atoms with E-state index in [0.717, 1.165) is 0 Å². The molecule has 0 fully saturated rings. The van der Waals surface area contributed by atoms with Crippen molar-refractivity contribution >= 4 is 0 Å². The molecular formula is C6H10F4O3. The molecule has 13 heavy (non-hydrogen) atoms. The number of ether oxygens (including phenoxy) is 2. The number of aliphatic hydroxyl groups excluding tert-OH is 1. The van der Waals surface area contributed by atoms with E-state index in [0.29, 0.717) is 0 Å². The van der Waals surface area contributed by atoms with E-state index in [4.69, 9.17) is 5.11 Å². The lowest BCUT2D eigenvalue weighted by Gasteiger charge is -2.19. The van der Waals surface area contributed by atoms with Crippen LogP contribution in [-0.4, -0.2) is 37.1 Å². The van der Waals surface area contributed by atoms with Gasteiger partial charge in [0.2, 0.25) is 12.6 Å². The highest BCUT2D eigenvalue weighted by atomic mass is 19.3. The minimum atomic E-state index is -3.23. The van der Waals surface area contributed by atoms with Crippen LogP contribution in [0.1, 0.15) is 6.92 Å². The summed E-state index contributed by atoms with van der Waals surface area (Å²) in [6.07, 6.45) is -11.0. The number of rotatable bonds is 6.